The SMILES string of the molecule is N#C[CH]c1cccc(Oc2ccccc2)c1C(N)=O. The Bertz CT molecular complexity index is 630. The minimum Gasteiger partial charge on any atom is -0.457 e. The number of primary amides is 1. The predicted molar refractivity (Wildman–Crippen MR) is 70.5 cm³/mol. The molecule has 1 amide bonds. The van der Waals surface area contributed by atoms with Crippen LogP contribution in [0.25, 0.3) is 0 Å². The molecule has 0 saturated carbocycles. The highest BCUT2D eigenvalue weighted by Crippen LogP contribution is 2.28. The Kier molecular flexibility index (Phi) is 3.79. The zero-order chi connectivity index (χ0) is 13.7. The normalized spacial score (nSPS) is 9.63. The Balaban J connectivity index is 2.43. The van der Waals surface area contributed by atoms with Crippen LogP contribution in [0.4, 0.5) is 0 Å². The second-order valence-corrected chi connectivity index (χ2v) is 3.77. The van der Waals surface area contributed by atoms with Gasteiger partial charge < -0.3 is 10.5 Å². The lowest BCUT2D eigenvalue weighted by Gasteiger charge is -2.11. The van der Waals surface area contributed by atoms with Crippen LogP contribution in [-0.2, 0) is 0 Å². The van der Waals surface area contributed by atoms with E-state index in [0.29, 0.717) is 17.1 Å². The molecule has 0 saturated heterocycles. The topological polar surface area (TPSA) is 76.1 Å². The van der Waals surface area contributed by atoms with Crippen molar-refractivity contribution in [2.75, 3.05) is 0 Å². The zero-order valence-corrected chi connectivity index (χ0v) is 10.0. The largest absolute Gasteiger partial charge is 0.457 e. The number of rotatable bonds is 4. The molecule has 1 radical (unpaired) electrons. The minimum atomic E-state index is -0.631. The fourth-order valence-corrected chi connectivity index (χ4v) is 1.70. The Morgan fingerprint density at radius 1 is 1.16 bits per heavy atom. The first-order chi connectivity index (χ1) is 9.22. The van der Waals surface area contributed by atoms with Crippen LogP contribution < -0.4 is 10.5 Å². The first-order valence-corrected chi connectivity index (χ1v) is 5.61. The van der Waals surface area contributed by atoms with Crippen LogP contribution in [-0.4, -0.2) is 5.91 Å². The minimum absolute atomic E-state index is 0.202. The van der Waals surface area contributed by atoms with Gasteiger partial charge in [0.1, 0.15) is 11.5 Å². The summed E-state index contributed by atoms with van der Waals surface area (Å²) in [6.45, 7) is 0. The van der Waals surface area contributed by atoms with Crippen LogP contribution in [0.1, 0.15) is 15.9 Å². The van der Waals surface area contributed by atoms with Crippen molar-refractivity contribution < 1.29 is 9.53 Å². The lowest BCUT2D eigenvalue weighted by Crippen LogP contribution is -2.14. The van der Waals surface area contributed by atoms with Crippen molar-refractivity contribution >= 4 is 5.91 Å². The van der Waals surface area contributed by atoms with Crippen molar-refractivity contribution in [3.8, 4) is 17.6 Å². The molecule has 4 heteroatoms. The van der Waals surface area contributed by atoms with Crippen LogP contribution in [0.3, 0.4) is 0 Å². The lowest BCUT2D eigenvalue weighted by molar-refractivity contribution is 0.0997. The zero-order valence-electron chi connectivity index (χ0n) is 10.0. The molecule has 0 aliphatic carbocycles. The fraction of sp³-hybridized carbons (Fsp3) is 0. The summed E-state index contributed by atoms with van der Waals surface area (Å²) >= 11 is 0. The summed E-state index contributed by atoms with van der Waals surface area (Å²) in [7, 11) is 0. The number of hydrogen-bond acceptors (Lipinski definition) is 3. The van der Waals surface area contributed by atoms with Crippen molar-refractivity contribution in [1.82, 2.24) is 0 Å². The second-order valence-electron chi connectivity index (χ2n) is 3.77. The second kappa shape index (κ2) is 5.69. The molecule has 4 nitrogen and oxygen atoms in total. The summed E-state index contributed by atoms with van der Waals surface area (Å²) in [5, 5.41) is 8.71. The van der Waals surface area contributed by atoms with E-state index in [1.54, 1.807) is 30.3 Å². The molecule has 0 unspecified atom stereocenters. The van der Waals surface area contributed by atoms with Gasteiger partial charge in [0.05, 0.1) is 18.1 Å². The van der Waals surface area contributed by atoms with Gasteiger partial charge in [-0.05, 0) is 23.8 Å². The summed E-state index contributed by atoms with van der Waals surface area (Å²) in [5.74, 6) is 0.301. The number of hydrogen-bond donors (Lipinski definition) is 1. The van der Waals surface area contributed by atoms with E-state index < -0.39 is 5.91 Å². The molecule has 0 aromatic heterocycles. The summed E-state index contributed by atoms with van der Waals surface area (Å²) in [6, 6.07) is 15.9. The van der Waals surface area contributed by atoms with Gasteiger partial charge in [0.2, 0.25) is 0 Å². The number of nitrogens with zero attached hydrogens (tertiary/aromatic N) is 1. The molecule has 2 rings (SSSR count). The van der Waals surface area contributed by atoms with Crippen LogP contribution in [0.5, 0.6) is 11.5 Å². The standard InChI is InChI=1S/C15H11N2O2/c16-10-9-11-5-4-8-13(14(11)15(17)18)19-12-6-2-1-3-7-12/h1-9H,(H2,17,18). The van der Waals surface area contributed by atoms with Crippen molar-refractivity contribution in [3.63, 3.8) is 0 Å². The average molecular weight is 251 g/mol. The molecule has 0 heterocycles. The number of nitrogens with two attached hydrogens (primary N) is 1. The van der Waals surface area contributed by atoms with Gasteiger partial charge in [-0.3, -0.25) is 4.79 Å². The van der Waals surface area contributed by atoms with E-state index in [9.17, 15) is 4.79 Å². The summed E-state index contributed by atoms with van der Waals surface area (Å²) in [6.07, 6.45) is 1.26. The van der Waals surface area contributed by atoms with E-state index in [-0.39, 0.29) is 5.56 Å². The molecule has 0 spiro atoms. The van der Waals surface area contributed by atoms with E-state index in [0.717, 1.165) is 0 Å². The number of nitriles is 1. The van der Waals surface area contributed by atoms with E-state index in [1.807, 2.05) is 24.3 Å². The van der Waals surface area contributed by atoms with Gasteiger partial charge in [-0.15, -0.1) is 0 Å². The van der Waals surface area contributed by atoms with Gasteiger partial charge >= 0.3 is 0 Å². The molecule has 0 bridgehead atoms. The Labute approximate surface area is 111 Å². The van der Waals surface area contributed by atoms with Crippen molar-refractivity contribution in [2.45, 2.75) is 0 Å². The number of benzene rings is 2. The molecule has 19 heavy (non-hydrogen) atoms. The monoisotopic (exact) mass is 251 g/mol. The van der Waals surface area contributed by atoms with E-state index in [2.05, 4.69) is 0 Å². The highest BCUT2D eigenvalue weighted by Gasteiger charge is 2.15. The van der Waals surface area contributed by atoms with Crippen molar-refractivity contribution in [3.05, 3.63) is 66.1 Å². The molecule has 0 fully saturated rings. The number of ether oxygens (including phenoxy) is 1. The van der Waals surface area contributed by atoms with E-state index in [1.165, 1.54) is 6.42 Å². The number of carbonyl (C=O) groups excluding carboxylic acids is 1. The van der Waals surface area contributed by atoms with Gasteiger partial charge in [-0.25, -0.2) is 0 Å². The predicted octanol–water partition coefficient (Wildman–Crippen LogP) is 2.65. The Morgan fingerprint density at radius 3 is 2.53 bits per heavy atom. The first-order valence-electron chi connectivity index (χ1n) is 5.61. The molecule has 0 aliphatic heterocycles. The smallest absolute Gasteiger partial charge is 0.252 e. The highest BCUT2D eigenvalue weighted by molar-refractivity contribution is 5.98. The third-order valence-electron chi connectivity index (χ3n) is 2.50. The maximum atomic E-state index is 11.5. The van der Waals surface area contributed by atoms with Gasteiger partial charge in [0.25, 0.3) is 5.91 Å². The Hall–Kier alpha value is -2.80. The molecule has 2 N–H and O–H groups in total. The van der Waals surface area contributed by atoms with Crippen LogP contribution in [0.15, 0.2) is 48.5 Å². The summed E-state index contributed by atoms with van der Waals surface area (Å²) < 4.78 is 5.63. The number of carbonyl (C=O) groups is 1. The maximum absolute atomic E-state index is 11.5. The van der Waals surface area contributed by atoms with Crippen LogP contribution in [0.2, 0.25) is 0 Å². The third-order valence-corrected chi connectivity index (χ3v) is 2.50. The van der Waals surface area contributed by atoms with E-state index in [4.69, 9.17) is 15.7 Å². The molecule has 2 aromatic carbocycles. The van der Waals surface area contributed by atoms with Crippen LogP contribution in [0, 0.1) is 17.8 Å². The van der Waals surface area contributed by atoms with Gasteiger partial charge in [0, 0.05) is 0 Å². The first kappa shape index (κ1) is 12.7. The number of amides is 1. The van der Waals surface area contributed by atoms with Crippen molar-refractivity contribution in [2.24, 2.45) is 5.73 Å². The van der Waals surface area contributed by atoms with E-state index >= 15 is 0 Å². The summed E-state index contributed by atoms with van der Waals surface area (Å²) in [4.78, 5) is 11.5. The van der Waals surface area contributed by atoms with Crippen LogP contribution >= 0.6 is 0 Å². The average Bonchev–Trinajstić information content (AvgIpc) is 2.40. The Morgan fingerprint density at radius 2 is 1.89 bits per heavy atom. The molecular weight excluding hydrogens is 240 g/mol. The molecule has 0 aliphatic rings. The fourth-order valence-electron chi connectivity index (χ4n) is 1.70. The maximum Gasteiger partial charge on any atom is 0.252 e. The third kappa shape index (κ3) is 2.90. The molecular formula is C15H11N2O2. The molecule has 0 atom stereocenters. The summed E-state index contributed by atoms with van der Waals surface area (Å²) in [5.41, 5.74) is 6.00. The molecule has 2 aromatic rings. The number of para-hydroxylation sites is 1. The van der Waals surface area contributed by atoms with Gasteiger partial charge in [-0.2, -0.15) is 5.26 Å². The highest BCUT2D eigenvalue weighted by atomic mass is 16.5. The van der Waals surface area contributed by atoms with Gasteiger partial charge in [-0.1, -0.05) is 30.3 Å². The lowest BCUT2D eigenvalue weighted by atomic mass is 10.0. The van der Waals surface area contributed by atoms with Crippen molar-refractivity contribution in [1.29, 1.82) is 5.26 Å². The molecule has 93 valence electrons. The quantitative estimate of drug-likeness (QED) is 0.907. The van der Waals surface area contributed by atoms with Gasteiger partial charge in [0.15, 0.2) is 0 Å².